The standard InChI is InChI=1S/C18H15.C9H13.2ClH.2H2Si.Zr/c1-2-6-13(7-3-1)18-16-10-4-8-14(16)12-15-9-5-11-17(15)18;1-6-5-7(2)9(4)8(6)3;;;;;/h1-4,6-8,10,12H,5,9,11H2;5H,1-4H3;2*1H;2*1H2;/q;;;;;;-2/p-2. The molecule has 32 heavy (non-hydrogen) atoms. The Kier molecular flexibility index (Phi) is 7.90. The van der Waals surface area contributed by atoms with Gasteiger partial charge in [0.25, 0.3) is 0 Å². The Balaban J connectivity index is 0.00000144. The smallest absolute Gasteiger partial charge is 1.00 e. The van der Waals surface area contributed by atoms with E-state index in [1.165, 1.54) is 24.8 Å². The molecule has 0 N–H and O–H groups in total. The molecule has 2 aromatic rings. The maximum atomic E-state index is 2.63. The second-order valence-electron chi connectivity index (χ2n) is 9.73. The Labute approximate surface area is 213 Å². The summed E-state index contributed by atoms with van der Waals surface area (Å²) in [5.41, 5.74) is 15.9. The molecule has 0 nitrogen and oxygen atoms in total. The van der Waals surface area contributed by atoms with Crippen molar-refractivity contribution >= 4 is 19.8 Å². The number of allylic oxidation sites excluding steroid dienone is 5. The summed E-state index contributed by atoms with van der Waals surface area (Å²) >= 11 is -2.53. The van der Waals surface area contributed by atoms with Gasteiger partial charge in [-0.05, 0) is 0 Å². The molecule has 0 amide bonds. The molecule has 5 heteroatoms. The van der Waals surface area contributed by atoms with Gasteiger partial charge in [-0.3, -0.25) is 0 Å². The van der Waals surface area contributed by atoms with Crippen LogP contribution in [0.4, 0.5) is 0 Å². The molecule has 1 unspecified atom stereocenters. The molecule has 1 atom stereocenters. The van der Waals surface area contributed by atoms with Crippen molar-refractivity contribution in [3.8, 4) is 11.1 Å². The van der Waals surface area contributed by atoms with Crippen LogP contribution in [-0.2, 0) is 30.3 Å². The fourth-order valence-electron chi connectivity index (χ4n) is 6.34. The van der Waals surface area contributed by atoms with E-state index in [9.17, 15) is 0 Å². The minimum absolute atomic E-state index is 0. The van der Waals surface area contributed by atoms with Gasteiger partial charge in [0.2, 0.25) is 0 Å². The maximum Gasteiger partial charge on any atom is -1.00 e. The SMILES string of the molecule is CC1=C(C)[CH]([Zr-2](=[SiH2])(=[SiH2])[CH]2C=Cc3c2cc2c(c3-c3ccccc3)CCC2)C(C)=C1C.[Cl-].[Cl-]. The molecule has 170 valence electrons. The Morgan fingerprint density at radius 2 is 1.50 bits per heavy atom. The van der Waals surface area contributed by atoms with Crippen molar-refractivity contribution in [1.82, 2.24) is 0 Å². The van der Waals surface area contributed by atoms with Crippen LogP contribution in [0.1, 0.15) is 60.0 Å². The summed E-state index contributed by atoms with van der Waals surface area (Å²) in [7, 11) is 0. The van der Waals surface area contributed by atoms with E-state index in [0.29, 0.717) is 3.63 Å². The number of rotatable bonds is 3. The number of benzene rings is 2. The van der Waals surface area contributed by atoms with Gasteiger partial charge in [0, 0.05) is 0 Å². The topological polar surface area (TPSA) is 0 Å². The first-order chi connectivity index (χ1) is 14.3. The maximum absolute atomic E-state index is 2.63. The first-order valence-electron chi connectivity index (χ1n) is 11.3. The van der Waals surface area contributed by atoms with E-state index in [-0.39, 0.29) is 24.8 Å². The van der Waals surface area contributed by atoms with E-state index < -0.39 is 17.5 Å². The van der Waals surface area contributed by atoms with E-state index in [2.05, 4.69) is 90.0 Å². The summed E-state index contributed by atoms with van der Waals surface area (Å²) in [5.74, 6) is 0. The van der Waals surface area contributed by atoms with Crippen LogP contribution in [-0.4, -0.2) is 13.8 Å². The first-order valence-corrected chi connectivity index (χ1v) is 26.0. The van der Waals surface area contributed by atoms with Crippen molar-refractivity contribution < 1.29 is 42.3 Å². The number of halogens is 2. The van der Waals surface area contributed by atoms with Gasteiger partial charge in [0.05, 0.1) is 0 Å². The summed E-state index contributed by atoms with van der Waals surface area (Å²) in [6.07, 6.45) is 8.93. The zero-order valence-corrected chi connectivity index (χ0v) is 26.4. The number of fused-ring (bicyclic) bond motifs is 2. The molecule has 0 bridgehead atoms. The molecular weight excluding hydrogens is 543 g/mol. The van der Waals surface area contributed by atoms with Gasteiger partial charge >= 0.3 is 190 Å². The zero-order chi connectivity index (χ0) is 21.2. The molecule has 0 fully saturated rings. The summed E-state index contributed by atoms with van der Waals surface area (Å²) in [6.45, 7) is 14.4. The van der Waals surface area contributed by atoms with Gasteiger partial charge in [-0.2, -0.15) is 0 Å². The van der Waals surface area contributed by atoms with Crippen molar-refractivity contribution in [2.45, 2.75) is 54.2 Å². The average molecular weight is 575 g/mol. The van der Waals surface area contributed by atoms with Crippen molar-refractivity contribution in [2.75, 3.05) is 0 Å². The number of aryl methyl sites for hydroxylation is 1. The van der Waals surface area contributed by atoms with Gasteiger partial charge in [-0.1, -0.05) is 0 Å². The van der Waals surface area contributed by atoms with E-state index in [1.807, 2.05) is 0 Å². The van der Waals surface area contributed by atoms with Gasteiger partial charge in [0.1, 0.15) is 0 Å². The Hall–Kier alpha value is -0.443. The summed E-state index contributed by atoms with van der Waals surface area (Å²) in [5, 5.41) is 0. The van der Waals surface area contributed by atoms with Crippen LogP contribution in [0, 0.1) is 0 Å². The quantitative estimate of drug-likeness (QED) is 0.440. The van der Waals surface area contributed by atoms with Crippen LogP contribution >= 0.6 is 0 Å². The van der Waals surface area contributed by atoms with E-state index in [1.54, 1.807) is 50.1 Å². The molecule has 0 aromatic heterocycles. The van der Waals surface area contributed by atoms with E-state index in [4.69, 9.17) is 0 Å². The fourth-order valence-corrected chi connectivity index (χ4v) is 27.3. The molecule has 3 aliphatic rings. The zero-order valence-electron chi connectivity index (χ0n) is 19.6. The van der Waals surface area contributed by atoms with Crippen molar-refractivity contribution in [3.63, 3.8) is 0 Å². The van der Waals surface area contributed by atoms with Crippen LogP contribution in [0.25, 0.3) is 17.2 Å². The molecule has 0 saturated carbocycles. The third-order valence-electron chi connectivity index (χ3n) is 8.13. The third-order valence-corrected chi connectivity index (χ3v) is 27.4. The van der Waals surface area contributed by atoms with Crippen LogP contribution in [0.2, 0.25) is 3.63 Å². The van der Waals surface area contributed by atoms with Crippen molar-refractivity contribution in [3.05, 3.63) is 87.0 Å². The normalized spacial score (nSPS) is 19.7. The average Bonchev–Trinajstić information content (AvgIpc) is 3.42. The molecule has 3 aliphatic carbocycles. The van der Waals surface area contributed by atoms with Crippen molar-refractivity contribution in [2.24, 2.45) is 0 Å². The molecule has 0 spiro atoms. The second kappa shape index (κ2) is 9.66. The van der Waals surface area contributed by atoms with Gasteiger partial charge in [-0.15, -0.1) is 0 Å². The molecule has 2 aromatic carbocycles. The largest absolute Gasteiger partial charge is 1.00 e. The van der Waals surface area contributed by atoms with Crippen LogP contribution < -0.4 is 24.8 Å². The molecule has 0 saturated heterocycles. The predicted octanol–water partition coefficient (Wildman–Crippen LogP) is -0.357. The van der Waals surface area contributed by atoms with Gasteiger partial charge in [0.15, 0.2) is 0 Å². The predicted molar refractivity (Wildman–Crippen MR) is 133 cm³/mol. The minimum atomic E-state index is -2.53. The number of hydrogen-bond acceptors (Lipinski definition) is 0. The molecule has 5 rings (SSSR count). The van der Waals surface area contributed by atoms with Gasteiger partial charge in [-0.25, -0.2) is 0 Å². The minimum Gasteiger partial charge on any atom is -1.00 e. The first kappa shape index (κ1) is 26.2. The molecule has 0 aliphatic heterocycles. The van der Waals surface area contributed by atoms with Gasteiger partial charge < -0.3 is 24.8 Å². The van der Waals surface area contributed by atoms with Crippen molar-refractivity contribution in [1.29, 1.82) is 0 Å². The summed E-state index contributed by atoms with van der Waals surface area (Å²) in [4.78, 5) is 0. The third kappa shape index (κ3) is 3.91. The fraction of sp³-hybridized carbons (Fsp3) is 0.333. The summed E-state index contributed by atoms with van der Waals surface area (Å²) < 4.78 is 1.44. The van der Waals surface area contributed by atoms with E-state index in [0.717, 1.165) is 3.63 Å². The summed E-state index contributed by atoms with van der Waals surface area (Å²) in [6, 6.07) is 13.8. The molecular formula is C27H32Cl2Si2Zr-4. The second-order valence-corrected chi connectivity index (χ2v) is 40.2. The monoisotopic (exact) mass is 572 g/mol. The van der Waals surface area contributed by atoms with Crippen LogP contribution in [0.3, 0.4) is 0 Å². The Bertz CT molecular complexity index is 1240. The van der Waals surface area contributed by atoms with Crippen LogP contribution in [0.5, 0.6) is 0 Å². The Morgan fingerprint density at radius 3 is 2.12 bits per heavy atom. The molecule has 0 radical (unpaired) electrons. The number of hydrogen-bond donors (Lipinski definition) is 0. The van der Waals surface area contributed by atoms with Crippen LogP contribution in [0.15, 0.2) is 64.8 Å². The van der Waals surface area contributed by atoms with E-state index >= 15 is 0 Å². The molecule has 0 heterocycles. The Morgan fingerprint density at radius 1 is 0.875 bits per heavy atom.